The van der Waals surface area contributed by atoms with Gasteiger partial charge in [0, 0.05) is 6.61 Å². The van der Waals surface area contributed by atoms with Crippen LogP contribution in [0.15, 0.2) is 4.73 Å². The Bertz CT molecular complexity index is 362. The maximum absolute atomic E-state index is 5.46. The first-order chi connectivity index (χ1) is 9.74. The average molecular weight is 351 g/mol. The summed E-state index contributed by atoms with van der Waals surface area (Å²) in [5.41, 5.74) is 5.46. The Morgan fingerprint density at radius 2 is 1.65 bits per heavy atom. The summed E-state index contributed by atoms with van der Waals surface area (Å²) in [5.74, 6) is 0.253. The largest absolute Gasteiger partial charge is 0.379 e. The van der Waals surface area contributed by atoms with Crippen LogP contribution >= 0.6 is 15.9 Å². The molecule has 0 amide bonds. The van der Waals surface area contributed by atoms with Crippen LogP contribution in [-0.4, -0.2) is 54.4 Å². The van der Waals surface area contributed by atoms with Gasteiger partial charge >= 0.3 is 0 Å². The number of nitrogens with zero attached hydrogens (tertiary/aromatic N) is 3. The molecule has 1 heterocycles. The molecular weight excluding hydrogens is 328 g/mol. The predicted octanol–water partition coefficient (Wildman–Crippen LogP) is 1.47. The Hall–Kier alpha value is -0.700. The van der Waals surface area contributed by atoms with Gasteiger partial charge in [0.05, 0.1) is 39.6 Å². The molecule has 8 heteroatoms. The number of nitrogens with two attached hydrogens (primary N) is 1. The normalized spacial score (nSPS) is 11.1. The fraction of sp³-hybridized carbons (Fsp3) is 0.833. The van der Waals surface area contributed by atoms with Gasteiger partial charge in [0.25, 0.3) is 0 Å². The second-order valence-electron chi connectivity index (χ2n) is 4.15. The van der Waals surface area contributed by atoms with Crippen molar-refractivity contribution in [1.29, 1.82) is 0 Å². The van der Waals surface area contributed by atoms with Gasteiger partial charge in [0.1, 0.15) is 0 Å². The Morgan fingerprint density at radius 1 is 1.05 bits per heavy atom. The lowest BCUT2D eigenvalue weighted by atomic mass is 10.4. The summed E-state index contributed by atoms with van der Waals surface area (Å²) in [7, 11) is 0. The molecule has 0 aromatic carbocycles. The maximum Gasteiger partial charge on any atom is 0.240 e. The summed E-state index contributed by atoms with van der Waals surface area (Å²) >= 11 is 3.26. The third-order valence-electron chi connectivity index (χ3n) is 2.48. The number of nitrogen functional groups attached to an aromatic ring is 1. The number of rotatable bonds is 12. The molecule has 0 atom stereocenters. The number of aromatic nitrogens is 3. The van der Waals surface area contributed by atoms with Crippen LogP contribution in [0.25, 0.3) is 0 Å². The highest BCUT2D eigenvalue weighted by Crippen LogP contribution is 2.07. The minimum Gasteiger partial charge on any atom is -0.379 e. The molecule has 0 aliphatic carbocycles. The van der Waals surface area contributed by atoms with Crippen LogP contribution in [-0.2, 0) is 20.8 Å². The Labute approximate surface area is 127 Å². The number of unbranched alkanes of at least 4 members (excludes halogenated alkanes) is 1. The van der Waals surface area contributed by atoms with E-state index in [0.717, 1.165) is 19.4 Å². The van der Waals surface area contributed by atoms with Crippen molar-refractivity contribution < 1.29 is 14.2 Å². The quantitative estimate of drug-likeness (QED) is 0.574. The van der Waals surface area contributed by atoms with Crippen LogP contribution in [0.4, 0.5) is 5.95 Å². The zero-order chi connectivity index (χ0) is 14.6. The van der Waals surface area contributed by atoms with Gasteiger partial charge in [-0.15, -0.1) is 5.10 Å². The molecule has 0 spiro atoms. The molecule has 116 valence electrons. The summed E-state index contributed by atoms with van der Waals surface area (Å²) in [4.78, 5) is 3.93. The molecule has 1 aromatic rings. The Balaban J connectivity index is 1.86. The Kier molecular flexibility index (Phi) is 9.56. The summed E-state index contributed by atoms with van der Waals surface area (Å²) in [5, 5.41) is 4.00. The van der Waals surface area contributed by atoms with E-state index in [9.17, 15) is 0 Å². The number of hydrogen-bond acceptors (Lipinski definition) is 6. The minimum atomic E-state index is 0.253. The van der Waals surface area contributed by atoms with E-state index < -0.39 is 0 Å². The lowest BCUT2D eigenvalue weighted by molar-refractivity contribution is 0.0123. The lowest BCUT2D eigenvalue weighted by Gasteiger charge is -2.06. The maximum atomic E-state index is 5.46. The monoisotopic (exact) mass is 350 g/mol. The Morgan fingerprint density at radius 3 is 2.20 bits per heavy atom. The average Bonchev–Trinajstić information content (AvgIpc) is 2.74. The first kappa shape index (κ1) is 17.4. The molecule has 0 radical (unpaired) electrons. The summed E-state index contributed by atoms with van der Waals surface area (Å²) in [6, 6.07) is 0. The first-order valence-corrected chi connectivity index (χ1v) is 7.62. The first-order valence-electron chi connectivity index (χ1n) is 6.83. The SMILES string of the molecule is CCCCOCCOCCOCCn1nc(N)nc1Br. The van der Waals surface area contributed by atoms with Gasteiger partial charge in [-0.1, -0.05) is 13.3 Å². The van der Waals surface area contributed by atoms with Gasteiger partial charge < -0.3 is 19.9 Å². The van der Waals surface area contributed by atoms with Crippen molar-refractivity contribution in [3.05, 3.63) is 4.73 Å². The number of halogens is 1. The second-order valence-corrected chi connectivity index (χ2v) is 4.86. The van der Waals surface area contributed by atoms with Crippen LogP contribution in [0.2, 0.25) is 0 Å². The molecule has 1 aromatic heterocycles. The minimum absolute atomic E-state index is 0.253. The highest BCUT2D eigenvalue weighted by Gasteiger charge is 2.03. The summed E-state index contributed by atoms with van der Waals surface area (Å²) in [6.07, 6.45) is 2.26. The highest BCUT2D eigenvalue weighted by molar-refractivity contribution is 9.10. The molecule has 0 unspecified atom stereocenters. The summed E-state index contributed by atoms with van der Waals surface area (Å²) < 4.78 is 18.4. The van der Waals surface area contributed by atoms with Gasteiger partial charge in [-0.2, -0.15) is 4.98 Å². The van der Waals surface area contributed by atoms with Crippen molar-refractivity contribution in [3.63, 3.8) is 0 Å². The number of hydrogen-bond donors (Lipinski definition) is 1. The third kappa shape index (κ3) is 7.78. The van der Waals surface area contributed by atoms with Crippen molar-refractivity contribution in [2.24, 2.45) is 0 Å². The molecule has 20 heavy (non-hydrogen) atoms. The van der Waals surface area contributed by atoms with Crippen LogP contribution in [0.3, 0.4) is 0 Å². The standard InChI is InChI=1S/C12H23BrN4O3/c1-2-3-5-18-7-9-20-10-8-19-6-4-17-11(13)15-12(14)16-17/h2-10H2,1H3,(H2,14,16). The van der Waals surface area contributed by atoms with Crippen LogP contribution in [0.5, 0.6) is 0 Å². The van der Waals surface area contributed by atoms with Crippen LogP contribution in [0.1, 0.15) is 19.8 Å². The second kappa shape index (κ2) is 11.0. The van der Waals surface area contributed by atoms with Crippen molar-refractivity contribution in [3.8, 4) is 0 Å². The van der Waals surface area contributed by atoms with E-state index >= 15 is 0 Å². The highest BCUT2D eigenvalue weighted by atomic mass is 79.9. The van der Waals surface area contributed by atoms with Crippen molar-refractivity contribution >= 4 is 21.9 Å². The van der Waals surface area contributed by atoms with E-state index in [1.165, 1.54) is 0 Å². The van der Waals surface area contributed by atoms with Crippen LogP contribution < -0.4 is 5.73 Å². The van der Waals surface area contributed by atoms with Crippen molar-refractivity contribution in [1.82, 2.24) is 14.8 Å². The van der Waals surface area contributed by atoms with Gasteiger partial charge in [0.15, 0.2) is 4.73 Å². The van der Waals surface area contributed by atoms with Gasteiger partial charge in [-0.05, 0) is 22.4 Å². The topological polar surface area (TPSA) is 84.4 Å². The van der Waals surface area contributed by atoms with E-state index in [0.29, 0.717) is 44.3 Å². The van der Waals surface area contributed by atoms with E-state index in [-0.39, 0.29) is 5.95 Å². The number of ether oxygens (including phenoxy) is 3. The predicted molar refractivity (Wildman–Crippen MR) is 79.5 cm³/mol. The summed E-state index contributed by atoms with van der Waals surface area (Å²) in [6.45, 7) is 6.47. The van der Waals surface area contributed by atoms with Gasteiger partial charge in [-0.25, -0.2) is 4.68 Å². The molecule has 0 saturated carbocycles. The zero-order valence-corrected chi connectivity index (χ0v) is 13.5. The van der Waals surface area contributed by atoms with E-state index in [1.807, 2.05) is 0 Å². The molecule has 0 aliphatic heterocycles. The van der Waals surface area contributed by atoms with Crippen LogP contribution in [0, 0.1) is 0 Å². The van der Waals surface area contributed by atoms with Crippen molar-refractivity contribution in [2.75, 3.05) is 45.4 Å². The van der Waals surface area contributed by atoms with E-state index in [2.05, 4.69) is 32.9 Å². The fourth-order valence-electron chi connectivity index (χ4n) is 1.42. The van der Waals surface area contributed by atoms with Gasteiger partial charge in [-0.3, -0.25) is 0 Å². The zero-order valence-electron chi connectivity index (χ0n) is 11.9. The van der Waals surface area contributed by atoms with Gasteiger partial charge in [0.2, 0.25) is 5.95 Å². The molecule has 2 N–H and O–H groups in total. The molecule has 0 fully saturated rings. The molecule has 7 nitrogen and oxygen atoms in total. The molecule has 0 saturated heterocycles. The lowest BCUT2D eigenvalue weighted by Crippen LogP contribution is -2.13. The number of anilines is 1. The molecular formula is C12H23BrN4O3. The molecule has 0 bridgehead atoms. The third-order valence-corrected chi connectivity index (χ3v) is 3.06. The molecule has 0 aliphatic rings. The molecule has 1 rings (SSSR count). The van der Waals surface area contributed by atoms with E-state index in [4.69, 9.17) is 19.9 Å². The smallest absolute Gasteiger partial charge is 0.240 e. The van der Waals surface area contributed by atoms with E-state index in [1.54, 1.807) is 4.68 Å². The fourth-order valence-corrected chi connectivity index (χ4v) is 1.86. The van der Waals surface area contributed by atoms with Crippen molar-refractivity contribution in [2.45, 2.75) is 26.3 Å².